The van der Waals surface area contributed by atoms with Gasteiger partial charge in [-0.25, -0.2) is 0 Å². The van der Waals surface area contributed by atoms with E-state index in [1.807, 2.05) is 85.2 Å². The van der Waals surface area contributed by atoms with Crippen molar-refractivity contribution >= 4 is 12.4 Å². The molecule has 0 bridgehead atoms. The Bertz CT molecular complexity index is 1680. The molecule has 4 aliphatic rings. The van der Waals surface area contributed by atoms with Gasteiger partial charge in [0.2, 0.25) is 0 Å². The predicted octanol–water partition coefficient (Wildman–Crippen LogP) is 8.76. The van der Waals surface area contributed by atoms with E-state index in [1.54, 1.807) is 28.4 Å². The van der Waals surface area contributed by atoms with Crippen molar-refractivity contribution in [3.63, 3.8) is 0 Å². The lowest BCUT2D eigenvalue weighted by atomic mass is 9.90. The molecule has 0 amide bonds. The Kier molecular flexibility index (Phi) is 12.6. The molecule has 2 aliphatic carbocycles. The van der Waals surface area contributed by atoms with Gasteiger partial charge in [-0.05, 0) is 121 Å². The van der Waals surface area contributed by atoms with E-state index in [1.165, 1.54) is 36.8 Å². The molecular weight excluding hydrogens is 681 g/mol. The summed E-state index contributed by atoms with van der Waals surface area (Å²) in [5.41, 5.74) is 4.52. The summed E-state index contributed by atoms with van der Waals surface area (Å²) in [6.07, 6.45) is 13.4. The van der Waals surface area contributed by atoms with Crippen LogP contribution in [0.5, 0.6) is 23.0 Å². The number of aliphatic imine (C=N–C) groups is 2. The minimum atomic E-state index is 0.0379. The molecule has 2 saturated carbocycles. The van der Waals surface area contributed by atoms with E-state index in [2.05, 4.69) is 34.4 Å². The average molecular weight is 733 g/mol. The minimum Gasteiger partial charge on any atom is -0.497 e. The fourth-order valence-electron chi connectivity index (χ4n) is 7.50. The van der Waals surface area contributed by atoms with Gasteiger partial charge < -0.3 is 18.9 Å². The molecule has 10 nitrogen and oxygen atoms in total. The molecule has 0 N–H and O–H groups in total. The normalized spacial score (nSPS) is 27.5. The van der Waals surface area contributed by atoms with Crippen molar-refractivity contribution in [1.82, 2.24) is 10.1 Å². The number of hydroxylamine groups is 4. The first-order chi connectivity index (χ1) is 26.6. The van der Waals surface area contributed by atoms with Crippen LogP contribution in [0.2, 0.25) is 0 Å². The van der Waals surface area contributed by atoms with Crippen molar-refractivity contribution in [1.29, 1.82) is 0 Å². The Morgan fingerprint density at radius 2 is 0.778 bits per heavy atom. The lowest BCUT2D eigenvalue weighted by molar-refractivity contribution is 0.0256. The number of rotatable bonds is 12. The molecule has 0 radical (unpaired) electrons. The van der Waals surface area contributed by atoms with Gasteiger partial charge in [0.1, 0.15) is 23.0 Å². The summed E-state index contributed by atoms with van der Waals surface area (Å²) in [4.78, 5) is 21.6. The van der Waals surface area contributed by atoms with Gasteiger partial charge in [-0.2, -0.15) is 0 Å². The minimum absolute atomic E-state index is 0.0379. The van der Waals surface area contributed by atoms with Crippen LogP contribution in [0.1, 0.15) is 86.1 Å². The van der Waals surface area contributed by atoms with Crippen molar-refractivity contribution in [3.05, 3.63) is 119 Å². The second kappa shape index (κ2) is 18.1. The van der Waals surface area contributed by atoms with Gasteiger partial charge in [0.25, 0.3) is 0 Å². The standard InChI is InChI=1S/C22H26N2O4.C22H26N2O2/c1-25-17-11-7-15(8-12-17)21-23(27-21)19-5-3-4-6-20(19)24-22(28-24)16-9-13-18(26-2)14-10-16;1-25-19-11-7-17(8-12-19)15-23-21-5-3-4-6-22(21)24-16-18-9-13-20(26-2)14-10-18/h7-14,19-22H,3-6H2,1-2H3;7-16,21-22H,3-6H2,1-2H3/t19-,20-,21?,22?,23?,24?;21-,22-/m11/s1. The zero-order valence-electron chi connectivity index (χ0n) is 31.8. The quantitative estimate of drug-likeness (QED) is 0.106. The Labute approximate surface area is 319 Å². The number of hydrogen-bond donors (Lipinski definition) is 0. The molecular formula is C44H52N4O6. The van der Waals surface area contributed by atoms with Crippen LogP contribution in [0, 0.1) is 0 Å². The Hall–Kier alpha value is -4.74. The van der Waals surface area contributed by atoms with Crippen LogP contribution < -0.4 is 18.9 Å². The highest BCUT2D eigenvalue weighted by atomic mass is 16.9. The van der Waals surface area contributed by atoms with Gasteiger partial charge in [0, 0.05) is 12.4 Å². The molecule has 10 heteroatoms. The summed E-state index contributed by atoms with van der Waals surface area (Å²) < 4.78 is 20.9. The highest BCUT2D eigenvalue weighted by molar-refractivity contribution is 5.81. The number of benzene rings is 4. The lowest BCUT2D eigenvalue weighted by Crippen LogP contribution is -2.41. The van der Waals surface area contributed by atoms with Crippen LogP contribution in [0.25, 0.3) is 0 Å². The number of hydrogen-bond acceptors (Lipinski definition) is 10. The van der Waals surface area contributed by atoms with Gasteiger partial charge in [0.05, 0.1) is 52.6 Å². The van der Waals surface area contributed by atoms with Crippen molar-refractivity contribution in [3.8, 4) is 23.0 Å². The number of nitrogens with zero attached hydrogens (tertiary/aromatic N) is 4. The van der Waals surface area contributed by atoms with Gasteiger partial charge in [-0.3, -0.25) is 19.7 Å². The van der Waals surface area contributed by atoms with Crippen molar-refractivity contribution in [2.24, 2.45) is 9.98 Å². The molecule has 4 fully saturated rings. The average Bonchev–Trinajstić information content (AvgIpc) is 4.19. The van der Waals surface area contributed by atoms with Crippen LogP contribution in [-0.2, 0) is 9.68 Å². The highest BCUT2D eigenvalue weighted by Gasteiger charge is 2.54. The molecule has 2 aliphatic heterocycles. The maximum Gasteiger partial charge on any atom is 0.180 e. The Morgan fingerprint density at radius 1 is 0.463 bits per heavy atom. The van der Waals surface area contributed by atoms with E-state index >= 15 is 0 Å². The highest BCUT2D eigenvalue weighted by Crippen LogP contribution is 2.49. The van der Waals surface area contributed by atoms with E-state index in [0.717, 1.165) is 59.8 Å². The Balaban J connectivity index is 0.000000167. The molecule has 8 rings (SSSR count). The van der Waals surface area contributed by atoms with Crippen molar-refractivity contribution in [2.75, 3.05) is 28.4 Å². The van der Waals surface area contributed by atoms with Gasteiger partial charge in [0.15, 0.2) is 12.5 Å². The second-order valence-electron chi connectivity index (χ2n) is 14.1. The van der Waals surface area contributed by atoms with E-state index in [-0.39, 0.29) is 24.5 Å². The van der Waals surface area contributed by atoms with Gasteiger partial charge in [-0.1, -0.05) is 49.9 Å². The SMILES string of the molecule is COc1ccc(C2ON2[C@@H]2CCCC[C@H]2N2OC2c2ccc(OC)cc2)cc1.COc1ccc(C=N[C@@H]2CCCC[C@H]2N=Cc2ccc(OC)cc2)cc1. The number of methoxy groups -OCH3 is 4. The Morgan fingerprint density at radius 3 is 1.11 bits per heavy atom. The smallest absolute Gasteiger partial charge is 0.180 e. The van der Waals surface area contributed by atoms with Crippen LogP contribution in [0.4, 0.5) is 0 Å². The zero-order valence-corrected chi connectivity index (χ0v) is 31.8. The van der Waals surface area contributed by atoms with Crippen LogP contribution in [0.3, 0.4) is 0 Å². The van der Waals surface area contributed by atoms with Gasteiger partial charge in [-0.15, -0.1) is 10.1 Å². The molecule has 0 spiro atoms. The van der Waals surface area contributed by atoms with Crippen LogP contribution in [0.15, 0.2) is 107 Å². The van der Waals surface area contributed by atoms with Gasteiger partial charge >= 0.3 is 0 Å². The van der Waals surface area contributed by atoms with Crippen molar-refractivity contribution in [2.45, 2.75) is 88.0 Å². The van der Waals surface area contributed by atoms with Crippen LogP contribution in [-0.4, -0.2) is 75.2 Å². The molecule has 54 heavy (non-hydrogen) atoms. The fourth-order valence-corrected chi connectivity index (χ4v) is 7.50. The molecule has 4 aromatic carbocycles. The third-order valence-corrected chi connectivity index (χ3v) is 10.7. The van der Waals surface area contributed by atoms with E-state index in [0.29, 0.717) is 12.1 Å². The molecule has 4 unspecified atom stereocenters. The largest absolute Gasteiger partial charge is 0.497 e. The summed E-state index contributed by atoms with van der Waals surface area (Å²) in [5.74, 6) is 3.46. The first-order valence-electron chi connectivity index (χ1n) is 19.1. The summed E-state index contributed by atoms with van der Waals surface area (Å²) in [6.45, 7) is 0. The summed E-state index contributed by atoms with van der Waals surface area (Å²) >= 11 is 0. The van der Waals surface area contributed by atoms with E-state index in [9.17, 15) is 0 Å². The number of ether oxygens (including phenoxy) is 4. The van der Waals surface area contributed by atoms with Crippen LogP contribution >= 0.6 is 0 Å². The summed E-state index contributed by atoms with van der Waals surface area (Å²) in [6, 6.07) is 33.4. The fraction of sp³-hybridized carbons (Fsp3) is 0.409. The van der Waals surface area contributed by atoms with E-state index in [4.69, 9.17) is 38.6 Å². The maximum atomic E-state index is 5.99. The third-order valence-electron chi connectivity index (χ3n) is 10.7. The monoisotopic (exact) mass is 732 g/mol. The topological polar surface area (TPSA) is 92.7 Å². The first-order valence-corrected chi connectivity index (χ1v) is 19.1. The van der Waals surface area contributed by atoms with E-state index < -0.39 is 0 Å². The van der Waals surface area contributed by atoms with Crippen molar-refractivity contribution < 1.29 is 28.6 Å². The molecule has 2 heterocycles. The maximum absolute atomic E-state index is 5.99. The predicted molar refractivity (Wildman–Crippen MR) is 211 cm³/mol. The molecule has 4 aromatic rings. The lowest BCUT2D eigenvalue weighted by Gasteiger charge is -2.30. The summed E-state index contributed by atoms with van der Waals surface area (Å²) in [5, 5.41) is 4.30. The second-order valence-corrected chi connectivity index (χ2v) is 14.1. The third kappa shape index (κ3) is 9.49. The summed E-state index contributed by atoms with van der Waals surface area (Å²) in [7, 11) is 6.73. The molecule has 2 saturated heterocycles. The molecule has 0 aromatic heterocycles. The first kappa shape index (κ1) is 37.6. The molecule has 284 valence electrons. The zero-order chi connectivity index (χ0) is 37.3. The molecule has 8 atom stereocenters.